The van der Waals surface area contributed by atoms with E-state index in [1.165, 1.54) is 0 Å². The van der Waals surface area contributed by atoms with Crippen LogP contribution in [0.5, 0.6) is 0 Å². The molecule has 4 heterocycles. The predicted molar refractivity (Wildman–Crippen MR) is 67.6 cm³/mol. The Morgan fingerprint density at radius 1 is 1.21 bits per heavy atom. The van der Waals surface area contributed by atoms with Crippen LogP contribution in [0, 0.1) is 13.8 Å². The second kappa shape index (κ2) is 3.41. The van der Waals surface area contributed by atoms with Gasteiger partial charge in [0.05, 0.1) is 11.6 Å². The van der Waals surface area contributed by atoms with E-state index in [0.717, 1.165) is 22.6 Å². The lowest BCUT2D eigenvalue weighted by molar-refractivity contribution is 0.543. The van der Waals surface area contributed by atoms with Crippen LogP contribution < -0.4 is 0 Å². The van der Waals surface area contributed by atoms with Crippen LogP contribution in [0.15, 0.2) is 22.7 Å². The van der Waals surface area contributed by atoms with Crippen LogP contribution in [0.3, 0.4) is 0 Å². The zero-order valence-corrected chi connectivity index (χ0v) is 10.4. The Morgan fingerprint density at radius 3 is 2.89 bits per heavy atom. The van der Waals surface area contributed by atoms with Crippen molar-refractivity contribution in [2.24, 2.45) is 0 Å². The fourth-order valence-corrected chi connectivity index (χ4v) is 2.19. The van der Waals surface area contributed by atoms with E-state index < -0.39 is 0 Å². The minimum Gasteiger partial charge on any atom is -0.458 e. The van der Waals surface area contributed by atoms with Gasteiger partial charge in [-0.1, -0.05) is 0 Å². The third-order valence-corrected chi connectivity index (χ3v) is 3.08. The Bertz CT molecular complexity index is 900. The fourth-order valence-electron chi connectivity index (χ4n) is 2.19. The molecule has 0 saturated heterocycles. The average molecular weight is 254 g/mol. The molecule has 7 nitrogen and oxygen atoms in total. The highest BCUT2D eigenvalue weighted by molar-refractivity contribution is 5.89. The van der Waals surface area contributed by atoms with Crippen LogP contribution in [0.4, 0.5) is 0 Å². The minimum absolute atomic E-state index is 0.669. The van der Waals surface area contributed by atoms with Gasteiger partial charge in [0, 0.05) is 0 Å². The van der Waals surface area contributed by atoms with Crippen LogP contribution >= 0.6 is 0 Å². The third-order valence-electron chi connectivity index (χ3n) is 3.08. The van der Waals surface area contributed by atoms with E-state index in [-0.39, 0.29) is 0 Å². The maximum atomic E-state index is 5.65. The van der Waals surface area contributed by atoms with Crippen molar-refractivity contribution in [2.45, 2.75) is 13.8 Å². The topological polar surface area (TPSA) is 84.9 Å². The molecule has 0 saturated carbocycles. The number of nitrogens with one attached hydrogen (secondary N) is 1. The van der Waals surface area contributed by atoms with Crippen molar-refractivity contribution in [1.29, 1.82) is 0 Å². The molecule has 4 rings (SSSR count). The number of aromatic nitrogens is 6. The largest absolute Gasteiger partial charge is 0.458 e. The van der Waals surface area contributed by atoms with Crippen molar-refractivity contribution >= 4 is 16.7 Å². The van der Waals surface area contributed by atoms with Crippen LogP contribution in [-0.2, 0) is 0 Å². The molecular weight excluding hydrogens is 244 g/mol. The van der Waals surface area contributed by atoms with Gasteiger partial charge in [-0.25, -0.2) is 4.98 Å². The first kappa shape index (κ1) is 10.2. The Hall–Kier alpha value is -2.70. The Labute approximate surface area is 107 Å². The molecule has 1 N–H and O–H groups in total. The van der Waals surface area contributed by atoms with E-state index >= 15 is 0 Å². The van der Waals surface area contributed by atoms with Crippen molar-refractivity contribution in [2.75, 3.05) is 0 Å². The number of rotatable bonds is 1. The number of hydrogen-bond donors (Lipinski definition) is 1. The summed E-state index contributed by atoms with van der Waals surface area (Å²) in [6.45, 7) is 3.78. The molecule has 0 aliphatic rings. The third kappa shape index (κ3) is 1.32. The highest BCUT2D eigenvalue weighted by Gasteiger charge is 2.17. The van der Waals surface area contributed by atoms with Gasteiger partial charge >= 0.3 is 0 Å². The molecule has 0 unspecified atom stereocenters. The van der Waals surface area contributed by atoms with Crippen LogP contribution in [0.1, 0.15) is 11.6 Å². The zero-order valence-electron chi connectivity index (χ0n) is 10.4. The number of aryl methyl sites for hydroxylation is 2. The number of hydrogen-bond acceptors (Lipinski definition) is 5. The lowest BCUT2D eigenvalue weighted by Gasteiger charge is -2.03. The lowest BCUT2D eigenvalue weighted by Crippen LogP contribution is -1.98. The smallest absolute Gasteiger partial charge is 0.185 e. The SMILES string of the molecule is Cc1ccc(-c2nc3[nH]ncc3c3nnc(C)n23)o1. The van der Waals surface area contributed by atoms with Gasteiger partial charge in [0.2, 0.25) is 0 Å². The number of nitrogens with zero attached hydrogens (tertiary/aromatic N) is 5. The Morgan fingerprint density at radius 2 is 2.11 bits per heavy atom. The monoisotopic (exact) mass is 254 g/mol. The van der Waals surface area contributed by atoms with E-state index in [4.69, 9.17) is 4.42 Å². The molecule has 0 radical (unpaired) electrons. The van der Waals surface area contributed by atoms with Gasteiger partial charge < -0.3 is 4.42 Å². The van der Waals surface area contributed by atoms with Gasteiger partial charge in [-0.05, 0) is 26.0 Å². The standard InChI is InChI=1S/C12H10N6O/c1-6-3-4-9(19-6)12-14-10-8(5-13-16-10)11-17-15-7(2)18(11)12/h3-5H,1-2H3,(H,13,16). The minimum atomic E-state index is 0.669. The molecule has 7 heteroatoms. The lowest BCUT2D eigenvalue weighted by atomic mass is 10.3. The highest BCUT2D eigenvalue weighted by Crippen LogP contribution is 2.25. The molecule has 0 atom stereocenters. The Balaban J connectivity index is 2.19. The number of furan rings is 1. The van der Waals surface area contributed by atoms with Crippen LogP contribution in [0.25, 0.3) is 28.3 Å². The quantitative estimate of drug-likeness (QED) is 0.560. The van der Waals surface area contributed by atoms with E-state index in [1.54, 1.807) is 6.20 Å². The molecule has 4 aromatic rings. The molecule has 0 fully saturated rings. The van der Waals surface area contributed by atoms with Gasteiger partial charge in [0.25, 0.3) is 0 Å². The van der Waals surface area contributed by atoms with Gasteiger partial charge in [-0.15, -0.1) is 10.2 Å². The molecule has 0 aromatic carbocycles. The van der Waals surface area contributed by atoms with E-state index in [0.29, 0.717) is 17.2 Å². The molecule has 94 valence electrons. The summed E-state index contributed by atoms with van der Waals surface area (Å²) in [5, 5.41) is 16.0. The molecule has 0 bridgehead atoms. The number of aromatic amines is 1. The summed E-state index contributed by atoms with van der Waals surface area (Å²) in [4.78, 5) is 4.55. The maximum absolute atomic E-state index is 5.65. The van der Waals surface area contributed by atoms with Crippen LogP contribution in [-0.4, -0.2) is 29.8 Å². The first-order chi connectivity index (χ1) is 9.24. The summed E-state index contributed by atoms with van der Waals surface area (Å²) in [6.07, 6.45) is 1.70. The normalized spacial score (nSPS) is 11.7. The van der Waals surface area contributed by atoms with Crippen molar-refractivity contribution in [3.63, 3.8) is 0 Å². The zero-order chi connectivity index (χ0) is 13.0. The highest BCUT2D eigenvalue weighted by atomic mass is 16.3. The second-order valence-corrected chi connectivity index (χ2v) is 4.38. The van der Waals surface area contributed by atoms with E-state index in [9.17, 15) is 0 Å². The summed E-state index contributed by atoms with van der Waals surface area (Å²) >= 11 is 0. The van der Waals surface area contributed by atoms with Gasteiger partial charge in [0.1, 0.15) is 11.6 Å². The summed E-state index contributed by atoms with van der Waals surface area (Å²) in [6, 6.07) is 3.79. The first-order valence-electron chi connectivity index (χ1n) is 5.85. The summed E-state index contributed by atoms with van der Waals surface area (Å²) in [7, 11) is 0. The molecule has 0 spiro atoms. The van der Waals surface area contributed by atoms with Crippen molar-refractivity contribution in [3.8, 4) is 11.6 Å². The summed E-state index contributed by atoms with van der Waals surface area (Å²) in [5.74, 6) is 2.94. The van der Waals surface area contributed by atoms with E-state index in [2.05, 4.69) is 25.4 Å². The number of fused-ring (bicyclic) bond motifs is 3. The second-order valence-electron chi connectivity index (χ2n) is 4.38. The summed E-state index contributed by atoms with van der Waals surface area (Å²) < 4.78 is 7.53. The predicted octanol–water partition coefficient (Wildman–Crippen LogP) is 1.88. The van der Waals surface area contributed by atoms with Gasteiger partial charge in [0.15, 0.2) is 22.9 Å². The molecule has 0 aliphatic carbocycles. The average Bonchev–Trinajstić information content (AvgIpc) is 3.07. The van der Waals surface area contributed by atoms with E-state index in [1.807, 2.05) is 30.4 Å². The van der Waals surface area contributed by atoms with Crippen LogP contribution in [0.2, 0.25) is 0 Å². The maximum Gasteiger partial charge on any atom is 0.185 e. The van der Waals surface area contributed by atoms with Crippen molar-refractivity contribution < 1.29 is 4.42 Å². The first-order valence-corrected chi connectivity index (χ1v) is 5.85. The van der Waals surface area contributed by atoms with Gasteiger partial charge in [-0.3, -0.25) is 9.50 Å². The van der Waals surface area contributed by atoms with Crippen molar-refractivity contribution in [1.82, 2.24) is 29.8 Å². The molecule has 4 aromatic heterocycles. The molecular formula is C12H10N6O. The summed E-state index contributed by atoms with van der Waals surface area (Å²) in [5.41, 5.74) is 1.39. The molecule has 0 aliphatic heterocycles. The molecule has 19 heavy (non-hydrogen) atoms. The fraction of sp³-hybridized carbons (Fsp3) is 0.167. The molecule has 0 amide bonds. The van der Waals surface area contributed by atoms with Gasteiger partial charge in [-0.2, -0.15) is 5.10 Å². The van der Waals surface area contributed by atoms with Crippen molar-refractivity contribution in [3.05, 3.63) is 29.9 Å². The number of H-pyrrole nitrogens is 1. The Kier molecular flexibility index (Phi) is 1.84.